The topological polar surface area (TPSA) is 64.8 Å². The van der Waals surface area contributed by atoms with Crippen molar-refractivity contribution in [2.24, 2.45) is 11.7 Å². The molecule has 0 saturated heterocycles. The first-order chi connectivity index (χ1) is 10.6. The van der Waals surface area contributed by atoms with E-state index >= 15 is 0 Å². The summed E-state index contributed by atoms with van der Waals surface area (Å²) in [6.07, 6.45) is 1.97. The summed E-state index contributed by atoms with van der Waals surface area (Å²) in [6, 6.07) is 7.50. The standard InChI is InChI=1S/C17H24N2O3/c1-11(2)16(18)17(20)19(12-7-8-12)9-13-10-21-14-5-3-4-6-15(14)22-13/h3-6,11-13,16H,7-10,18H2,1-2H3/t13-,16?/m0/s1. The lowest BCUT2D eigenvalue weighted by Gasteiger charge is -2.33. The van der Waals surface area contributed by atoms with E-state index in [0.717, 1.165) is 24.3 Å². The summed E-state index contributed by atoms with van der Waals surface area (Å²) in [7, 11) is 0. The monoisotopic (exact) mass is 304 g/mol. The van der Waals surface area contributed by atoms with Gasteiger partial charge in [-0.2, -0.15) is 0 Å². The van der Waals surface area contributed by atoms with Crippen LogP contribution < -0.4 is 15.2 Å². The Morgan fingerprint density at radius 3 is 2.64 bits per heavy atom. The number of amides is 1. The highest BCUT2D eigenvalue weighted by Crippen LogP contribution is 2.33. The number of carbonyl (C=O) groups is 1. The van der Waals surface area contributed by atoms with Crippen LogP contribution in [-0.4, -0.2) is 42.1 Å². The van der Waals surface area contributed by atoms with Gasteiger partial charge in [0, 0.05) is 6.04 Å². The number of para-hydroxylation sites is 2. The van der Waals surface area contributed by atoms with Crippen LogP contribution in [0.15, 0.2) is 24.3 Å². The lowest BCUT2D eigenvalue weighted by molar-refractivity contribution is -0.135. The fourth-order valence-corrected chi connectivity index (χ4v) is 2.65. The third-order valence-electron chi connectivity index (χ3n) is 4.24. The van der Waals surface area contributed by atoms with E-state index < -0.39 is 6.04 Å². The third kappa shape index (κ3) is 3.19. The molecule has 0 radical (unpaired) electrons. The lowest BCUT2D eigenvalue weighted by Crippen LogP contribution is -2.51. The molecule has 0 spiro atoms. The van der Waals surface area contributed by atoms with Gasteiger partial charge >= 0.3 is 0 Å². The van der Waals surface area contributed by atoms with Crippen molar-refractivity contribution in [3.05, 3.63) is 24.3 Å². The smallest absolute Gasteiger partial charge is 0.240 e. The minimum Gasteiger partial charge on any atom is -0.486 e. The van der Waals surface area contributed by atoms with E-state index in [1.807, 2.05) is 43.0 Å². The van der Waals surface area contributed by atoms with Crippen molar-refractivity contribution < 1.29 is 14.3 Å². The van der Waals surface area contributed by atoms with E-state index in [1.54, 1.807) is 0 Å². The summed E-state index contributed by atoms with van der Waals surface area (Å²) in [4.78, 5) is 14.5. The van der Waals surface area contributed by atoms with Crippen LogP contribution in [0.5, 0.6) is 11.5 Å². The molecule has 5 heteroatoms. The number of fused-ring (bicyclic) bond motifs is 1. The molecule has 1 aromatic rings. The number of hydrogen-bond acceptors (Lipinski definition) is 4. The van der Waals surface area contributed by atoms with Crippen LogP contribution in [0.3, 0.4) is 0 Å². The Bertz CT molecular complexity index is 542. The minimum atomic E-state index is -0.447. The van der Waals surface area contributed by atoms with E-state index in [-0.39, 0.29) is 17.9 Å². The number of nitrogens with zero attached hydrogens (tertiary/aromatic N) is 1. The van der Waals surface area contributed by atoms with Gasteiger partial charge in [0.1, 0.15) is 6.61 Å². The Kier molecular flexibility index (Phi) is 4.25. The second-order valence-electron chi connectivity index (χ2n) is 6.49. The van der Waals surface area contributed by atoms with Gasteiger partial charge in [-0.3, -0.25) is 4.79 Å². The van der Waals surface area contributed by atoms with E-state index in [9.17, 15) is 4.79 Å². The predicted octanol–water partition coefficient (Wildman–Crippen LogP) is 1.80. The van der Waals surface area contributed by atoms with Crippen LogP contribution in [0.1, 0.15) is 26.7 Å². The fourth-order valence-electron chi connectivity index (χ4n) is 2.65. The fraction of sp³-hybridized carbons (Fsp3) is 0.588. The summed E-state index contributed by atoms with van der Waals surface area (Å²) in [6.45, 7) is 4.96. The summed E-state index contributed by atoms with van der Waals surface area (Å²) >= 11 is 0. The molecule has 1 unspecified atom stereocenters. The lowest BCUT2D eigenvalue weighted by atomic mass is 10.0. The van der Waals surface area contributed by atoms with Crippen LogP contribution in [-0.2, 0) is 4.79 Å². The van der Waals surface area contributed by atoms with Crippen LogP contribution >= 0.6 is 0 Å². The molecule has 1 fully saturated rings. The maximum absolute atomic E-state index is 12.6. The molecular weight excluding hydrogens is 280 g/mol. The van der Waals surface area contributed by atoms with Gasteiger partial charge in [0.25, 0.3) is 0 Å². The van der Waals surface area contributed by atoms with Crippen molar-refractivity contribution >= 4 is 5.91 Å². The van der Waals surface area contributed by atoms with Crippen molar-refractivity contribution in [1.29, 1.82) is 0 Å². The quantitative estimate of drug-likeness (QED) is 0.901. The molecule has 1 amide bonds. The molecule has 1 aliphatic heterocycles. The van der Waals surface area contributed by atoms with Crippen LogP contribution in [0.4, 0.5) is 0 Å². The van der Waals surface area contributed by atoms with Crippen LogP contribution in [0.25, 0.3) is 0 Å². The van der Waals surface area contributed by atoms with Crippen molar-refractivity contribution in [3.63, 3.8) is 0 Å². The molecule has 22 heavy (non-hydrogen) atoms. The van der Waals surface area contributed by atoms with Gasteiger partial charge in [-0.05, 0) is 30.9 Å². The molecular formula is C17H24N2O3. The average molecular weight is 304 g/mol. The molecule has 0 bridgehead atoms. The number of rotatable bonds is 5. The molecule has 1 saturated carbocycles. The molecule has 1 aliphatic carbocycles. The highest BCUT2D eigenvalue weighted by atomic mass is 16.6. The van der Waals surface area contributed by atoms with Gasteiger partial charge in [0.05, 0.1) is 12.6 Å². The zero-order chi connectivity index (χ0) is 15.7. The zero-order valence-corrected chi connectivity index (χ0v) is 13.2. The van der Waals surface area contributed by atoms with Gasteiger partial charge in [0.2, 0.25) is 5.91 Å². The van der Waals surface area contributed by atoms with Gasteiger partial charge < -0.3 is 20.1 Å². The average Bonchev–Trinajstić information content (AvgIpc) is 3.35. The summed E-state index contributed by atoms with van der Waals surface area (Å²) in [5, 5.41) is 0. The minimum absolute atomic E-state index is 0.0277. The summed E-state index contributed by atoms with van der Waals surface area (Å²) in [5.41, 5.74) is 6.04. The second kappa shape index (κ2) is 6.16. The summed E-state index contributed by atoms with van der Waals surface area (Å²) in [5.74, 6) is 1.68. The van der Waals surface area contributed by atoms with Crippen molar-refractivity contribution in [3.8, 4) is 11.5 Å². The molecule has 1 heterocycles. The normalized spacial score (nSPS) is 21.5. The maximum atomic E-state index is 12.6. The molecule has 2 N–H and O–H groups in total. The Labute approximate surface area is 131 Å². The van der Waals surface area contributed by atoms with E-state index in [4.69, 9.17) is 15.2 Å². The van der Waals surface area contributed by atoms with Gasteiger partial charge in [-0.15, -0.1) is 0 Å². The van der Waals surface area contributed by atoms with Gasteiger partial charge in [-0.1, -0.05) is 26.0 Å². The number of hydrogen-bond donors (Lipinski definition) is 1. The Hall–Kier alpha value is -1.75. The van der Waals surface area contributed by atoms with Crippen molar-refractivity contribution in [1.82, 2.24) is 4.90 Å². The third-order valence-corrected chi connectivity index (χ3v) is 4.24. The Morgan fingerprint density at radius 2 is 2.00 bits per heavy atom. The van der Waals surface area contributed by atoms with E-state index in [1.165, 1.54) is 0 Å². The number of nitrogens with two attached hydrogens (primary N) is 1. The molecule has 0 aromatic heterocycles. The second-order valence-corrected chi connectivity index (χ2v) is 6.49. The number of carbonyl (C=O) groups excluding carboxylic acids is 1. The first-order valence-corrected chi connectivity index (χ1v) is 8.01. The van der Waals surface area contributed by atoms with Crippen molar-refractivity contribution in [2.45, 2.75) is 44.9 Å². The van der Waals surface area contributed by atoms with Crippen LogP contribution in [0.2, 0.25) is 0 Å². The Balaban J connectivity index is 1.66. The van der Waals surface area contributed by atoms with Gasteiger partial charge in [-0.25, -0.2) is 0 Å². The predicted molar refractivity (Wildman–Crippen MR) is 83.9 cm³/mol. The Morgan fingerprint density at radius 1 is 1.32 bits per heavy atom. The zero-order valence-electron chi connectivity index (χ0n) is 13.2. The SMILES string of the molecule is CC(C)C(N)C(=O)N(C[C@H]1COc2ccccc2O1)C1CC1. The van der Waals surface area contributed by atoms with Crippen LogP contribution in [0, 0.1) is 5.92 Å². The summed E-state index contributed by atoms with van der Waals surface area (Å²) < 4.78 is 11.7. The number of benzene rings is 1. The van der Waals surface area contributed by atoms with E-state index in [0.29, 0.717) is 19.2 Å². The molecule has 3 rings (SSSR count). The largest absolute Gasteiger partial charge is 0.486 e. The molecule has 2 atom stereocenters. The van der Waals surface area contributed by atoms with Gasteiger partial charge in [0.15, 0.2) is 17.6 Å². The maximum Gasteiger partial charge on any atom is 0.240 e. The highest BCUT2D eigenvalue weighted by molar-refractivity contribution is 5.82. The molecule has 120 valence electrons. The first-order valence-electron chi connectivity index (χ1n) is 8.01. The molecule has 2 aliphatic rings. The highest BCUT2D eigenvalue weighted by Gasteiger charge is 2.38. The molecule has 1 aromatic carbocycles. The van der Waals surface area contributed by atoms with E-state index in [2.05, 4.69) is 0 Å². The number of ether oxygens (including phenoxy) is 2. The molecule has 5 nitrogen and oxygen atoms in total. The first kappa shape index (κ1) is 15.2. The van der Waals surface area contributed by atoms with Crippen molar-refractivity contribution in [2.75, 3.05) is 13.2 Å².